The lowest BCUT2D eigenvalue weighted by atomic mass is 10.1. The molecule has 100 valence electrons. The first-order valence-corrected chi connectivity index (χ1v) is 7.22. The van der Waals surface area contributed by atoms with Gasteiger partial charge in [-0.25, -0.2) is 13.4 Å². The van der Waals surface area contributed by atoms with Gasteiger partial charge in [0.1, 0.15) is 5.82 Å². The molecule has 6 nitrogen and oxygen atoms in total. The zero-order chi connectivity index (χ0) is 14.1. The monoisotopic (exact) mass is 270 g/mol. The summed E-state index contributed by atoms with van der Waals surface area (Å²) >= 11 is 0. The summed E-state index contributed by atoms with van der Waals surface area (Å²) in [6.07, 6.45) is 4.37. The predicted octanol–water partition coefficient (Wildman–Crippen LogP) is 0.786. The van der Waals surface area contributed by atoms with E-state index in [1.165, 1.54) is 6.26 Å². The number of nitrogens with two attached hydrogens (primary N) is 2. The van der Waals surface area contributed by atoms with Gasteiger partial charge in [0.15, 0.2) is 9.84 Å². The molecule has 0 fully saturated rings. The van der Waals surface area contributed by atoms with Crippen LogP contribution in [-0.4, -0.2) is 29.4 Å². The Morgan fingerprint density at radius 2 is 1.78 bits per heavy atom. The van der Waals surface area contributed by atoms with E-state index in [0.717, 1.165) is 0 Å². The predicted molar refractivity (Wildman–Crippen MR) is 73.6 cm³/mol. The summed E-state index contributed by atoms with van der Waals surface area (Å²) in [7, 11) is -3.20. The van der Waals surface area contributed by atoms with Crippen LogP contribution in [0.4, 0.5) is 11.8 Å². The molecule has 0 radical (unpaired) electrons. The number of hydrogen-bond acceptors (Lipinski definition) is 6. The Morgan fingerprint density at radius 3 is 2.22 bits per heavy atom. The fourth-order valence-corrected chi connectivity index (χ4v) is 1.55. The van der Waals surface area contributed by atoms with Crippen LogP contribution in [0.3, 0.4) is 0 Å². The number of aromatic nitrogens is 2. The summed E-state index contributed by atoms with van der Waals surface area (Å²) < 4.78 is 22.2. The van der Waals surface area contributed by atoms with E-state index in [9.17, 15) is 8.42 Å². The van der Waals surface area contributed by atoms with Gasteiger partial charge in [0.05, 0.1) is 10.4 Å². The Bertz CT molecular complexity index is 568. The van der Waals surface area contributed by atoms with E-state index in [-0.39, 0.29) is 11.8 Å². The number of rotatable bonds is 3. The Hall–Kier alpha value is -1.63. The Labute approximate surface area is 107 Å². The van der Waals surface area contributed by atoms with Crippen LogP contribution in [0.1, 0.15) is 25.1 Å². The van der Waals surface area contributed by atoms with Gasteiger partial charge in [-0.1, -0.05) is 12.2 Å². The van der Waals surface area contributed by atoms with Crippen LogP contribution in [0.15, 0.2) is 6.08 Å². The third-order valence-corrected chi connectivity index (χ3v) is 4.84. The smallest absolute Gasteiger partial charge is 0.222 e. The van der Waals surface area contributed by atoms with Gasteiger partial charge < -0.3 is 11.5 Å². The molecule has 0 saturated heterocycles. The van der Waals surface area contributed by atoms with Gasteiger partial charge in [-0.15, -0.1) is 0 Å². The second-order valence-electron chi connectivity index (χ2n) is 4.68. The topological polar surface area (TPSA) is 112 Å². The molecule has 0 amide bonds. The summed E-state index contributed by atoms with van der Waals surface area (Å²) in [5, 5.41) is 0. The van der Waals surface area contributed by atoms with Crippen molar-refractivity contribution in [2.45, 2.75) is 25.5 Å². The average molecular weight is 270 g/mol. The fourth-order valence-electron chi connectivity index (χ4n) is 1.24. The van der Waals surface area contributed by atoms with Crippen LogP contribution >= 0.6 is 0 Å². The van der Waals surface area contributed by atoms with E-state index in [0.29, 0.717) is 11.3 Å². The van der Waals surface area contributed by atoms with Crippen molar-refractivity contribution in [3.63, 3.8) is 0 Å². The lowest BCUT2D eigenvalue weighted by Crippen LogP contribution is -2.28. The Kier molecular flexibility index (Phi) is 3.66. The van der Waals surface area contributed by atoms with Crippen molar-refractivity contribution in [2.75, 3.05) is 17.7 Å². The summed E-state index contributed by atoms with van der Waals surface area (Å²) in [4.78, 5) is 7.82. The van der Waals surface area contributed by atoms with Crippen LogP contribution in [0, 0.1) is 6.92 Å². The highest BCUT2D eigenvalue weighted by molar-refractivity contribution is 7.92. The maximum absolute atomic E-state index is 11.6. The molecule has 0 saturated carbocycles. The summed E-state index contributed by atoms with van der Waals surface area (Å²) in [5.74, 6) is 0.338. The number of hydrogen-bond donors (Lipinski definition) is 2. The molecule has 0 aromatic carbocycles. The van der Waals surface area contributed by atoms with E-state index in [2.05, 4.69) is 9.97 Å². The Balaban J connectivity index is 3.21. The first-order valence-electron chi connectivity index (χ1n) is 5.33. The SMILES string of the molecule is Cc1nc(N)nc(N)c1/C=C/C(C)(C)S(C)(=O)=O. The van der Waals surface area contributed by atoms with Crippen molar-refractivity contribution in [2.24, 2.45) is 0 Å². The molecule has 7 heteroatoms. The second-order valence-corrected chi connectivity index (χ2v) is 7.27. The Morgan fingerprint density at radius 1 is 1.22 bits per heavy atom. The maximum atomic E-state index is 11.6. The number of nitrogens with zero attached hydrogens (tertiary/aromatic N) is 2. The number of sulfone groups is 1. The van der Waals surface area contributed by atoms with Gasteiger partial charge >= 0.3 is 0 Å². The molecular formula is C11H18N4O2S. The number of nitrogen functional groups attached to an aromatic ring is 2. The molecule has 0 bridgehead atoms. The van der Waals surface area contributed by atoms with E-state index in [1.807, 2.05) is 0 Å². The van der Waals surface area contributed by atoms with Crippen molar-refractivity contribution in [3.05, 3.63) is 17.3 Å². The molecule has 4 N–H and O–H groups in total. The lowest BCUT2D eigenvalue weighted by Gasteiger charge is -2.17. The van der Waals surface area contributed by atoms with Gasteiger partial charge in [-0.3, -0.25) is 0 Å². The van der Waals surface area contributed by atoms with E-state index >= 15 is 0 Å². The second kappa shape index (κ2) is 4.56. The highest BCUT2D eigenvalue weighted by Crippen LogP contribution is 2.21. The zero-order valence-corrected chi connectivity index (χ0v) is 11.7. The fraction of sp³-hybridized carbons (Fsp3) is 0.455. The molecule has 1 heterocycles. The summed E-state index contributed by atoms with van der Waals surface area (Å²) in [5.41, 5.74) is 12.4. The molecule has 0 aliphatic carbocycles. The minimum absolute atomic E-state index is 0.101. The highest BCUT2D eigenvalue weighted by Gasteiger charge is 2.26. The standard InChI is InChI=1S/C11H18N4O2S/c1-7-8(9(12)15-10(13)14-7)5-6-11(2,3)18(4,16)17/h5-6H,1-4H3,(H4,12,13,14,15)/b6-5+. The van der Waals surface area contributed by atoms with E-state index < -0.39 is 14.6 Å². The maximum Gasteiger partial charge on any atom is 0.222 e. The van der Waals surface area contributed by atoms with Crippen LogP contribution < -0.4 is 11.5 Å². The zero-order valence-electron chi connectivity index (χ0n) is 10.9. The van der Waals surface area contributed by atoms with Crippen LogP contribution in [0.2, 0.25) is 0 Å². The number of aryl methyl sites for hydroxylation is 1. The largest absolute Gasteiger partial charge is 0.383 e. The third kappa shape index (κ3) is 2.98. The van der Waals surface area contributed by atoms with Crippen molar-refractivity contribution < 1.29 is 8.42 Å². The quantitative estimate of drug-likeness (QED) is 0.839. The van der Waals surface area contributed by atoms with Gasteiger partial charge in [0.2, 0.25) is 5.95 Å². The van der Waals surface area contributed by atoms with Gasteiger partial charge in [-0.2, -0.15) is 4.98 Å². The molecule has 0 aliphatic rings. The molecule has 1 rings (SSSR count). The van der Waals surface area contributed by atoms with Gasteiger partial charge in [0.25, 0.3) is 0 Å². The molecule has 1 aromatic rings. The van der Waals surface area contributed by atoms with Gasteiger partial charge in [-0.05, 0) is 20.8 Å². The van der Waals surface area contributed by atoms with Crippen LogP contribution in [-0.2, 0) is 9.84 Å². The molecule has 0 atom stereocenters. The first kappa shape index (κ1) is 14.4. The number of anilines is 2. The van der Waals surface area contributed by atoms with Crippen molar-refractivity contribution in [1.29, 1.82) is 0 Å². The summed E-state index contributed by atoms with van der Waals surface area (Å²) in [6, 6.07) is 0. The highest BCUT2D eigenvalue weighted by atomic mass is 32.2. The molecule has 1 aromatic heterocycles. The van der Waals surface area contributed by atoms with Crippen LogP contribution in [0.5, 0.6) is 0 Å². The average Bonchev–Trinajstić information content (AvgIpc) is 2.13. The first-order chi connectivity index (χ1) is 8.04. The van der Waals surface area contributed by atoms with Crippen molar-refractivity contribution in [1.82, 2.24) is 9.97 Å². The molecule has 18 heavy (non-hydrogen) atoms. The van der Waals surface area contributed by atoms with E-state index in [4.69, 9.17) is 11.5 Å². The van der Waals surface area contributed by atoms with Crippen LogP contribution in [0.25, 0.3) is 6.08 Å². The molecule has 0 unspecified atom stereocenters. The van der Waals surface area contributed by atoms with E-state index in [1.54, 1.807) is 32.9 Å². The van der Waals surface area contributed by atoms with Crippen molar-refractivity contribution >= 4 is 27.7 Å². The third-order valence-electron chi connectivity index (χ3n) is 2.79. The minimum Gasteiger partial charge on any atom is -0.383 e. The lowest BCUT2D eigenvalue weighted by molar-refractivity contribution is 0.579. The minimum atomic E-state index is -3.20. The molecular weight excluding hydrogens is 252 g/mol. The summed E-state index contributed by atoms with van der Waals surface area (Å²) in [6.45, 7) is 4.96. The molecule has 0 aliphatic heterocycles. The molecule has 0 spiro atoms. The van der Waals surface area contributed by atoms with Crippen molar-refractivity contribution in [3.8, 4) is 0 Å². The van der Waals surface area contributed by atoms with Gasteiger partial charge in [0, 0.05) is 11.8 Å². The normalized spacial score (nSPS) is 13.1.